The van der Waals surface area contributed by atoms with Gasteiger partial charge in [0, 0.05) is 12.1 Å². The van der Waals surface area contributed by atoms with Crippen molar-refractivity contribution >= 4 is 6.29 Å². The summed E-state index contributed by atoms with van der Waals surface area (Å²) in [7, 11) is 0. The van der Waals surface area contributed by atoms with E-state index in [1.165, 1.54) is 0 Å². The summed E-state index contributed by atoms with van der Waals surface area (Å²) in [6, 6.07) is 3.52. The molecule has 1 aromatic carbocycles. The van der Waals surface area contributed by atoms with Crippen molar-refractivity contribution in [2.24, 2.45) is 0 Å². The summed E-state index contributed by atoms with van der Waals surface area (Å²) in [6.45, 7) is 7.83. The summed E-state index contributed by atoms with van der Waals surface area (Å²) in [5.74, 6) is 1.73. The van der Waals surface area contributed by atoms with Gasteiger partial charge in [-0.2, -0.15) is 0 Å². The topological polar surface area (TPSA) is 44.8 Å². The van der Waals surface area contributed by atoms with E-state index in [4.69, 9.17) is 14.2 Å². The largest absolute Gasteiger partial charge is 0.493 e. The Balaban J connectivity index is 3.05. The highest BCUT2D eigenvalue weighted by Gasteiger charge is 2.14. The van der Waals surface area contributed by atoms with E-state index in [1.807, 2.05) is 20.8 Å². The Morgan fingerprint density at radius 1 is 0.850 bits per heavy atom. The molecule has 112 valence electrons. The zero-order valence-corrected chi connectivity index (χ0v) is 12.6. The third-order valence-corrected chi connectivity index (χ3v) is 2.59. The van der Waals surface area contributed by atoms with Gasteiger partial charge in [0.1, 0.15) is 17.2 Å². The Bertz CT molecular complexity index is 386. The molecule has 0 atom stereocenters. The molecule has 1 rings (SSSR count). The first-order valence-corrected chi connectivity index (χ1v) is 7.28. The van der Waals surface area contributed by atoms with Gasteiger partial charge in [0.2, 0.25) is 0 Å². The van der Waals surface area contributed by atoms with Crippen LogP contribution in [0.25, 0.3) is 0 Å². The van der Waals surface area contributed by atoms with E-state index in [1.54, 1.807) is 12.1 Å². The SMILES string of the molecule is CCCOc1cc(OCCC)c(C=O)c(OCCC)c1. The first kappa shape index (κ1) is 16.3. The third-order valence-electron chi connectivity index (χ3n) is 2.59. The van der Waals surface area contributed by atoms with Gasteiger partial charge < -0.3 is 14.2 Å². The molecule has 0 aliphatic carbocycles. The van der Waals surface area contributed by atoms with Crippen molar-refractivity contribution in [2.75, 3.05) is 19.8 Å². The highest BCUT2D eigenvalue weighted by molar-refractivity contribution is 5.84. The van der Waals surface area contributed by atoms with Crippen LogP contribution >= 0.6 is 0 Å². The van der Waals surface area contributed by atoms with Crippen LogP contribution in [-0.4, -0.2) is 26.1 Å². The summed E-state index contributed by atoms with van der Waals surface area (Å²) in [5.41, 5.74) is 0.454. The second kappa shape index (κ2) is 9.23. The standard InChI is InChI=1S/C16H24O4/c1-4-7-18-13-10-15(19-8-5-2)14(12-17)16(11-13)20-9-6-3/h10-12H,4-9H2,1-3H3. The normalized spacial score (nSPS) is 10.2. The molecule has 0 saturated carbocycles. The lowest BCUT2D eigenvalue weighted by molar-refractivity contribution is 0.111. The quantitative estimate of drug-likeness (QED) is 0.610. The van der Waals surface area contributed by atoms with Crippen LogP contribution in [0.5, 0.6) is 17.2 Å². The van der Waals surface area contributed by atoms with Crippen molar-refractivity contribution < 1.29 is 19.0 Å². The molecule has 0 aliphatic rings. The molecule has 0 spiro atoms. The predicted molar refractivity (Wildman–Crippen MR) is 79.2 cm³/mol. The molecule has 0 aliphatic heterocycles. The average molecular weight is 280 g/mol. The van der Waals surface area contributed by atoms with Crippen molar-refractivity contribution in [3.05, 3.63) is 17.7 Å². The van der Waals surface area contributed by atoms with Gasteiger partial charge in [-0.25, -0.2) is 0 Å². The van der Waals surface area contributed by atoms with Gasteiger partial charge in [0.15, 0.2) is 6.29 Å². The molecule has 0 fully saturated rings. The highest BCUT2D eigenvalue weighted by atomic mass is 16.5. The summed E-state index contributed by atoms with van der Waals surface area (Å²) in [5, 5.41) is 0. The molecular weight excluding hydrogens is 256 g/mol. The molecule has 0 heterocycles. The first-order valence-electron chi connectivity index (χ1n) is 7.28. The Kier molecular flexibility index (Phi) is 7.55. The summed E-state index contributed by atoms with van der Waals surface area (Å²) >= 11 is 0. The molecule has 0 amide bonds. The van der Waals surface area contributed by atoms with E-state index < -0.39 is 0 Å². The maximum atomic E-state index is 11.3. The molecule has 4 nitrogen and oxygen atoms in total. The van der Waals surface area contributed by atoms with Gasteiger partial charge in [0.25, 0.3) is 0 Å². The minimum absolute atomic E-state index is 0.454. The minimum atomic E-state index is 0.454. The van der Waals surface area contributed by atoms with Gasteiger partial charge in [-0.05, 0) is 19.3 Å². The molecule has 0 saturated heterocycles. The van der Waals surface area contributed by atoms with Crippen LogP contribution in [0.1, 0.15) is 50.4 Å². The van der Waals surface area contributed by atoms with Gasteiger partial charge in [0.05, 0.1) is 25.4 Å². The number of rotatable bonds is 10. The maximum absolute atomic E-state index is 11.3. The Hall–Kier alpha value is -1.71. The van der Waals surface area contributed by atoms with E-state index in [2.05, 4.69) is 0 Å². The minimum Gasteiger partial charge on any atom is -0.493 e. The molecule has 0 N–H and O–H groups in total. The zero-order valence-electron chi connectivity index (χ0n) is 12.6. The van der Waals surface area contributed by atoms with Crippen LogP contribution < -0.4 is 14.2 Å². The summed E-state index contributed by atoms with van der Waals surface area (Å²) < 4.78 is 16.9. The van der Waals surface area contributed by atoms with Crippen LogP contribution in [0.3, 0.4) is 0 Å². The second-order valence-electron chi connectivity index (χ2n) is 4.50. The van der Waals surface area contributed by atoms with Crippen LogP contribution in [0.15, 0.2) is 12.1 Å². The van der Waals surface area contributed by atoms with E-state index >= 15 is 0 Å². The molecular formula is C16H24O4. The van der Waals surface area contributed by atoms with E-state index in [-0.39, 0.29) is 0 Å². The number of hydrogen-bond acceptors (Lipinski definition) is 4. The van der Waals surface area contributed by atoms with E-state index in [0.29, 0.717) is 42.6 Å². The lowest BCUT2D eigenvalue weighted by Gasteiger charge is -2.15. The molecule has 0 unspecified atom stereocenters. The van der Waals surface area contributed by atoms with Crippen molar-refractivity contribution in [3.8, 4) is 17.2 Å². The Morgan fingerprint density at radius 3 is 1.70 bits per heavy atom. The van der Waals surface area contributed by atoms with Crippen LogP contribution in [-0.2, 0) is 0 Å². The average Bonchev–Trinajstić information content (AvgIpc) is 2.48. The number of benzene rings is 1. The number of aldehydes is 1. The lowest BCUT2D eigenvalue weighted by atomic mass is 10.2. The Morgan fingerprint density at radius 2 is 1.30 bits per heavy atom. The zero-order chi connectivity index (χ0) is 14.8. The van der Waals surface area contributed by atoms with Crippen LogP contribution in [0.2, 0.25) is 0 Å². The predicted octanol–water partition coefficient (Wildman–Crippen LogP) is 3.87. The lowest BCUT2D eigenvalue weighted by Crippen LogP contribution is -2.05. The third kappa shape index (κ3) is 4.76. The van der Waals surface area contributed by atoms with Crippen molar-refractivity contribution in [3.63, 3.8) is 0 Å². The molecule has 1 aromatic rings. The summed E-state index contributed by atoms with van der Waals surface area (Å²) in [4.78, 5) is 11.3. The summed E-state index contributed by atoms with van der Waals surface area (Å²) in [6.07, 6.45) is 3.46. The van der Waals surface area contributed by atoms with E-state index in [9.17, 15) is 4.79 Å². The molecule has 4 heteroatoms. The monoisotopic (exact) mass is 280 g/mol. The van der Waals surface area contributed by atoms with Crippen LogP contribution in [0, 0.1) is 0 Å². The van der Waals surface area contributed by atoms with Gasteiger partial charge >= 0.3 is 0 Å². The fourth-order valence-corrected chi connectivity index (χ4v) is 1.66. The fourth-order valence-electron chi connectivity index (χ4n) is 1.66. The fraction of sp³-hybridized carbons (Fsp3) is 0.562. The maximum Gasteiger partial charge on any atom is 0.157 e. The number of carbonyl (C=O) groups is 1. The number of ether oxygens (including phenoxy) is 3. The van der Waals surface area contributed by atoms with E-state index in [0.717, 1.165) is 25.5 Å². The van der Waals surface area contributed by atoms with Crippen molar-refractivity contribution in [1.82, 2.24) is 0 Å². The number of carbonyl (C=O) groups excluding carboxylic acids is 1. The molecule has 20 heavy (non-hydrogen) atoms. The van der Waals surface area contributed by atoms with Crippen LogP contribution in [0.4, 0.5) is 0 Å². The van der Waals surface area contributed by atoms with Gasteiger partial charge in [-0.15, -0.1) is 0 Å². The smallest absolute Gasteiger partial charge is 0.157 e. The molecule has 0 radical (unpaired) electrons. The number of hydrogen-bond donors (Lipinski definition) is 0. The second-order valence-corrected chi connectivity index (χ2v) is 4.50. The molecule has 0 aromatic heterocycles. The van der Waals surface area contributed by atoms with Gasteiger partial charge in [-0.1, -0.05) is 20.8 Å². The Labute approximate surface area is 121 Å². The highest BCUT2D eigenvalue weighted by Crippen LogP contribution is 2.33. The molecule has 0 bridgehead atoms. The van der Waals surface area contributed by atoms with Crippen molar-refractivity contribution in [2.45, 2.75) is 40.0 Å². The van der Waals surface area contributed by atoms with Crippen molar-refractivity contribution in [1.29, 1.82) is 0 Å². The first-order chi connectivity index (χ1) is 9.76. The van der Waals surface area contributed by atoms with Gasteiger partial charge in [-0.3, -0.25) is 4.79 Å².